The summed E-state index contributed by atoms with van der Waals surface area (Å²) in [5, 5.41) is 0.637. The number of carbonyl (C=O) groups is 1. The van der Waals surface area contributed by atoms with E-state index in [1.54, 1.807) is 49.6 Å². The smallest absolute Gasteiger partial charge is 0.347 e. The van der Waals surface area contributed by atoms with E-state index >= 15 is 0 Å². The molecule has 2 aromatic carbocycles. The van der Waals surface area contributed by atoms with Gasteiger partial charge in [0.15, 0.2) is 17.3 Å². The van der Waals surface area contributed by atoms with E-state index in [1.165, 1.54) is 26.4 Å². The van der Waals surface area contributed by atoms with Gasteiger partial charge in [0, 0.05) is 11.5 Å². The zero-order valence-electron chi connectivity index (χ0n) is 15.1. The van der Waals surface area contributed by atoms with Gasteiger partial charge in [-0.05, 0) is 42.0 Å². The molecule has 3 aromatic rings. The predicted molar refractivity (Wildman–Crippen MR) is 102 cm³/mol. The number of rotatable bonds is 6. The number of ether oxygens (including phenoxy) is 3. The van der Waals surface area contributed by atoms with Gasteiger partial charge in [-0.3, -0.25) is 4.79 Å². The van der Waals surface area contributed by atoms with Crippen molar-refractivity contribution in [1.82, 2.24) is 0 Å². The molecular weight excluding hydrogens is 348 g/mol. The van der Waals surface area contributed by atoms with Crippen LogP contribution in [0.3, 0.4) is 0 Å². The number of benzene rings is 2. The fourth-order valence-corrected chi connectivity index (χ4v) is 2.61. The van der Waals surface area contributed by atoms with Crippen molar-refractivity contribution < 1.29 is 23.4 Å². The highest BCUT2D eigenvalue weighted by molar-refractivity contribution is 6.07. The quantitative estimate of drug-likeness (QED) is 0.376. The van der Waals surface area contributed by atoms with Crippen molar-refractivity contribution in [2.75, 3.05) is 21.3 Å². The van der Waals surface area contributed by atoms with Gasteiger partial charge in [-0.15, -0.1) is 0 Å². The van der Waals surface area contributed by atoms with Crippen molar-refractivity contribution in [3.05, 3.63) is 70.1 Å². The lowest BCUT2D eigenvalue weighted by molar-refractivity contribution is 0.104. The zero-order valence-corrected chi connectivity index (χ0v) is 15.1. The number of fused-ring (bicyclic) bond motifs is 1. The van der Waals surface area contributed by atoms with Crippen LogP contribution in [0.25, 0.3) is 17.0 Å². The molecule has 0 saturated heterocycles. The molecule has 0 aliphatic carbocycles. The fourth-order valence-electron chi connectivity index (χ4n) is 2.61. The highest BCUT2D eigenvalue weighted by Crippen LogP contribution is 2.28. The van der Waals surface area contributed by atoms with Crippen LogP contribution in [-0.2, 0) is 0 Å². The first kappa shape index (κ1) is 18.3. The van der Waals surface area contributed by atoms with Crippen molar-refractivity contribution in [3.63, 3.8) is 0 Å². The minimum atomic E-state index is -0.697. The topological polar surface area (TPSA) is 75.0 Å². The normalized spacial score (nSPS) is 10.9. The third-order valence-electron chi connectivity index (χ3n) is 4.04. The van der Waals surface area contributed by atoms with E-state index in [2.05, 4.69) is 0 Å². The van der Waals surface area contributed by atoms with Crippen molar-refractivity contribution >= 4 is 22.8 Å². The Balaban J connectivity index is 1.90. The molecule has 138 valence electrons. The van der Waals surface area contributed by atoms with Gasteiger partial charge < -0.3 is 18.6 Å². The lowest BCUT2D eigenvalue weighted by Gasteiger charge is -2.07. The summed E-state index contributed by atoms with van der Waals surface area (Å²) in [6, 6.07) is 11.8. The first-order valence-electron chi connectivity index (χ1n) is 8.12. The number of hydrogen-bond donors (Lipinski definition) is 0. The maximum Gasteiger partial charge on any atom is 0.347 e. The number of hydrogen-bond acceptors (Lipinski definition) is 6. The minimum Gasteiger partial charge on any atom is -0.497 e. The molecule has 0 radical (unpaired) electrons. The van der Waals surface area contributed by atoms with Gasteiger partial charge >= 0.3 is 5.63 Å². The standard InChI is InChI=1S/C21H18O6/c1-24-15-7-6-14-11-16(21(23)27-19(14)12-15)17(22)8-4-13-5-9-18(25-2)20(10-13)26-3/h4-12H,1-3H3/b8-4+. The average Bonchev–Trinajstić information content (AvgIpc) is 2.70. The molecule has 0 bridgehead atoms. The maximum absolute atomic E-state index is 12.5. The second kappa shape index (κ2) is 7.78. The average molecular weight is 366 g/mol. The molecule has 0 atom stereocenters. The summed E-state index contributed by atoms with van der Waals surface area (Å²) in [5.41, 5.74) is 0.359. The van der Waals surface area contributed by atoms with Gasteiger partial charge in [0.1, 0.15) is 16.9 Å². The third kappa shape index (κ3) is 3.84. The fraction of sp³-hybridized carbons (Fsp3) is 0.143. The Morgan fingerprint density at radius 2 is 1.70 bits per heavy atom. The SMILES string of the molecule is COc1ccc2cc(C(=O)/C=C/c3ccc(OC)c(OC)c3)c(=O)oc2c1. The molecule has 0 fully saturated rings. The van der Waals surface area contributed by atoms with Crippen LogP contribution >= 0.6 is 0 Å². The minimum absolute atomic E-state index is 0.0376. The summed E-state index contributed by atoms with van der Waals surface area (Å²) in [6.07, 6.45) is 2.92. The Labute approximate surface area is 155 Å². The molecule has 27 heavy (non-hydrogen) atoms. The molecule has 6 nitrogen and oxygen atoms in total. The second-order valence-corrected chi connectivity index (χ2v) is 5.66. The summed E-state index contributed by atoms with van der Waals surface area (Å²) < 4.78 is 20.8. The van der Waals surface area contributed by atoms with E-state index in [1.807, 2.05) is 0 Å². The number of ketones is 1. The molecule has 0 aliphatic rings. The summed E-state index contributed by atoms with van der Waals surface area (Å²) in [6.45, 7) is 0. The molecule has 0 saturated carbocycles. The lowest BCUT2D eigenvalue weighted by atomic mass is 10.1. The largest absolute Gasteiger partial charge is 0.497 e. The van der Waals surface area contributed by atoms with Crippen LogP contribution in [0.2, 0.25) is 0 Å². The van der Waals surface area contributed by atoms with Crippen LogP contribution in [0.15, 0.2) is 57.8 Å². The van der Waals surface area contributed by atoms with E-state index in [0.717, 1.165) is 5.56 Å². The van der Waals surface area contributed by atoms with Gasteiger partial charge in [-0.2, -0.15) is 0 Å². The Morgan fingerprint density at radius 3 is 2.41 bits per heavy atom. The summed E-state index contributed by atoms with van der Waals surface area (Å²) in [5.74, 6) is 1.26. The maximum atomic E-state index is 12.5. The van der Waals surface area contributed by atoms with Crippen LogP contribution in [0, 0.1) is 0 Å². The first-order chi connectivity index (χ1) is 13.0. The zero-order chi connectivity index (χ0) is 19.4. The molecule has 0 spiro atoms. The highest BCUT2D eigenvalue weighted by atomic mass is 16.5. The van der Waals surface area contributed by atoms with Gasteiger partial charge in [0.25, 0.3) is 0 Å². The molecule has 1 heterocycles. The van der Waals surface area contributed by atoms with E-state index in [9.17, 15) is 9.59 Å². The number of allylic oxidation sites excluding steroid dienone is 1. The Hall–Kier alpha value is -3.54. The van der Waals surface area contributed by atoms with E-state index in [4.69, 9.17) is 18.6 Å². The summed E-state index contributed by atoms with van der Waals surface area (Å²) in [4.78, 5) is 24.6. The third-order valence-corrected chi connectivity index (χ3v) is 4.04. The lowest BCUT2D eigenvalue weighted by Crippen LogP contribution is -2.11. The second-order valence-electron chi connectivity index (χ2n) is 5.66. The van der Waals surface area contributed by atoms with Crippen molar-refractivity contribution in [3.8, 4) is 17.2 Å². The van der Waals surface area contributed by atoms with Gasteiger partial charge in [-0.1, -0.05) is 12.1 Å². The summed E-state index contributed by atoms with van der Waals surface area (Å²) in [7, 11) is 4.60. The molecule has 0 amide bonds. The van der Waals surface area contributed by atoms with Gasteiger partial charge in [0.05, 0.1) is 21.3 Å². The van der Waals surface area contributed by atoms with Crippen LogP contribution in [0.4, 0.5) is 0 Å². The molecule has 0 unspecified atom stereocenters. The first-order valence-corrected chi connectivity index (χ1v) is 8.12. The molecular formula is C21H18O6. The number of carbonyl (C=O) groups excluding carboxylic acids is 1. The molecule has 3 rings (SSSR count). The Bertz CT molecular complexity index is 1080. The summed E-state index contributed by atoms with van der Waals surface area (Å²) >= 11 is 0. The Kier molecular flexibility index (Phi) is 5.26. The van der Waals surface area contributed by atoms with Crippen molar-refractivity contribution in [2.24, 2.45) is 0 Å². The van der Waals surface area contributed by atoms with Crippen molar-refractivity contribution in [1.29, 1.82) is 0 Å². The van der Waals surface area contributed by atoms with Crippen LogP contribution in [0.1, 0.15) is 15.9 Å². The van der Waals surface area contributed by atoms with E-state index in [-0.39, 0.29) is 5.56 Å². The highest BCUT2D eigenvalue weighted by Gasteiger charge is 2.12. The predicted octanol–water partition coefficient (Wildman–Crippen LogP) is 3.71. The molecule has 0 N–H and O–H groups in total. The van der Waals surface area contributed by atoms with Gasteiger partial charge in [-0.25, -0.2) is 4.79 Å². The monoisotopic (exact) mass is 366 g/mol. The van der Waals surface area contributed by atoms with Crippen LogP contribution in [0.5, 0.6) is 17.2 Å². The molecule has 1 aromatic heterocycles. The van der Waals surface area contributed by atoms with E-state index < -0.39 is 11.4 Å². The van der Waals surface area contributed by atoms with Crippen LogP contribution < -0.4 is 19.8 Å². The van der Waals surface area contributed by atoms with Crippen LogP contribution in [-0.4, -0.2) is 27.1 Å². The number of methoxy groups -OCH3 is 3. The van der Waals surface area contributed by atoms with Crippen molar-refractivity contribution in [2.45, 2.75) is 0 Å². The Morgan fingerprint density at radius 1 is 0.926 bits per heavy atom. The molecule has 0 aliphatic heterocycles. The molecule has 6 heteroatoms. The van der Waals surface area contributed by atoms with E-state index in [0.29, 0.717) is 28.2 Å². The van der Waals surface area contributed by atoms with Gasteiger partial charge in [0.2, 0.25) is 0 Å².